The molecule has 0 radical (unpaired) electrons. The third-order valence-electron chi connectivity index (χ3n) is 2.45. The van der Waals surface area contributed by atoms with E-state index in [-0.39, 0.29) is 0 Å². The molecule has 0 fully saturated rings. The van der Waals surface area contributed by atoms with E-state index >= 15 is 0 Å². The Labute approximate surface area is 101 Å². The molecule has 0 bridgehead atoms. The molecule has 90 valence electrons. The van der Waals surface area contributed by atoms with E-state index in [0.29, 0.717) is 5.95 Å². The highest BCUT2D eigenvalue weighted by atomic mass is 15.2. The molecule has 2 rings (SSSR count). The summed E-state index contributed by atoms with van der Waals surface area (Å²) in [6.45, 7) is 6.92. The van der Waals surface area contributed by atoms with Gasteiger partial charge < -0.3 is 5.32 Å². The molecule has 0 amide bonds. The van der Waals surface area contributed by atoms with E-state index in [1.807, 2.05) is 30.7 Å². The third-order valence-corrected chi connectivity index (χ3v) is 2.45. The van der Waals surface area contributed by atoms with Crippen LogP contribution in [0.2, 0.25) is 0 Å². The average molecular weight is 231 g/mol. The Kier molecular flexibility index (Phi) is 3.37. The number of imidazole rings is 1. The maximum Gasteiger partial charge on any atom is 0.224 e. The number of nitrogens with one attached hydrogen (secondary N) is 1. The molecule has 2 aromatic rings. The molecule has 0 aromatic carbocycles. The maximum atomic E-state index is 4.48. The summed E-state index contributed by atoms with van der Waals surface area (Å²) in [6.07, 6.45) is 4.73. The van der Waals surface area contributed by atoms with Gasteiger partial charge in [0.2, 0.25) is 5.95 Å². The molecule has 17 heavy (non-hydrogen) atoms. The van der Waals surface area contributed by atoms with Crippen molar-refractivity contribution in [2.75, 3.05) is 11.9 Å². The smallest absolute Gasteiger partial charge is 0.224 e. The molecule has 0 saturated carbocycles. The molecule has 5 nitrogen and oxygen atoms in total. The summed E-state index contributed by atoms with van der Waals surface area (Å²) in [5.74, 6) is 2.45. The fourth-order valence-electron chi connectivity index (χ4n) is 1.61. The second kappa shape index (κ2) is 4.95. The van der Waals surface area contributed by atoms with Crippen LogP contribution in [0.15, 0.2) is 18.5 Å². The van der Waals surface area contributed by atoms with Crippen LogP contribution in [0.25, 0.3) is 5.82 Å². The van der Waals surface area contributed by atoms with Gasteiger partial charge in [-0.15, -0.1) is 0 Å². The van der Waals surface area contributed by atoms with Gasteiger partial charge in [-0.2, -0.15) is 4.98 Å². The molecule has 5 heteroatoms. The molecule has 2 aromatic heterocycles. The predicted octanol–water partition coefficient (Wildman–Crippen LogP) is 2.10. The fourth-order valence-corrected chi connectivity index (χ4v) is 1.61. The number of aryl methyl sites for hydroxylation is 2. The SMILES string of the molecule is CCCNc1nc(C)cc(-n2ccnc2C)n1. The van der Waals surface area contributed by atoms with Gasteiger partial charge >= 0.3 is 0 Å². The minimum atomic E-state index is 0.676. The molecule has 0 atom stereocenters. The molecule has 0 saturated heterocycles. The Morgan fingerprint density at radius 1 is 1.29 bits per heavy atom. The van der Waals surface area contributed by atoms with Crippen LogP contribution in [-0.2, 0) is 0 Å². The predicted molar refractivity (Wildman–Crippen MR) is 67.4 cm³/mol. The van der Waals surface area contributed by atoms with Gasteiger partial charge in [-0.05, 0) is 20.3 Å². The summed E-state index contributed by atoms with van der Waals surface area (Å²) in [4.78, 5) is 13.0. The van der Waals surface area contributed by atoms with E-state index in [1.54, 1.807) is 6.20 Å². The van der Waals surface area contributed by atoms with Crippen molar-refractivity contribution in [3.05, 3.63) is 30.0 Å². The summed E-state index contributed by atoms with van der Waals surface area (Å²) in [7, 11) is 0. The van der Waals surface area contributed by atoms with Crippen LogP contribution in [0, 0.1) is 13.8 Å². The van der Waals surface area contributed by atoms with Gasteiger partial charge in [0.25, 0.3) is 0 Å². The van der Waals surface area contributed by atoms with Crippen molar-refractivity contribution in [1.29, 1.82) is 0 Å². The van der Waals surface area contributed by atoms with Crippen LogP contribution in [0.5, 0.6) is 0 Å². The molecule has 0 aliphatic rings. The van der Waals surface area contributed by atoms with Crippen molar-refractivity contribution in [2.24, 2.45) is 0 Å². The van der Waals surface area contributed by atoms with Crippen LogP contribution < -0.4 is 5.32 Å². The largest absolute Gasteiger partial charge is 0.354 e. The quantitative estimate of drug-likeness (QED) is 0.875. The van der Waals surface area contributed by atoms with Crippen LogP contribution in [-0.4, -0.2) is 26.1 Å². The third kappa shape index (κ3) is 2.61. The normalized spacial score (nSPS) is 10.5. The van der Waals surface area contributed by atoms with Gasteiger partial charge in [0, 0.05) is 30.7 Å². The molecular weight excluding hydrogens is 214 g/mol. The summed E-state index contributed by atoms with van der Waals surface area (Å²) >= 11 is 0. The first kappa shape index (κ1) is 11.6. The van der Waals surface area contributed by atoms with Gasteiger partial charge in [-0.25, -0.2) is 9.97 Å². The number of rotatable bonds is 4. The number of hydrogen-bond donors (Lipinski definition) is 1. The topological polar surface area (TPSA) is 55.6 Å². The minimum Gasteiger partial charge on any atom is -0.354 e. The number of anilines is 1. The Morgan fingerprint density at radius 3 is 2.76 bits per heavy atom. The lowest BCUT2D eigenvalue weighted by molar-refractivity contribution is 0.895. The zero-order valence-electron chi connectivity index (χ0n) is 10.4. The van der Waals surface area contributed by atoms with Crippen LogP contribution in [0.1, 0.15) is 24.9 Å². The molecule has 1 N–H and O–H groups in total. The van der Waals surface area contributed by atoms with E-state index in [9.17, 15) is 0 Å². The van der Waals surface area contributed by atoms with Gasteiger partial charge in [0.05, 0.1) is 0 Å². The van der Waals surface area contributed by atoms with Crippen molar-refractivity contribution < 1.29 is 0 Å². The van der Waals surface area contributed by atoms with Crippen LogP contribution in [0.3, 0.4) is 0 Å². The second-order valence-electron chi connectivity index (χ2n) is 3.96. The first-order valence-corrected chi connectivity index (χ1v) is 5.80. The number of hydrogen-bond acceptors (Lipinski definition) is 4. The lowest BCUT2D eigenvalue weighted by Gasteiger charge is -2.08. The lowest BCUT2D eigenvalue weighted by atomic mass is 10.4. The first-order chi connectivity index (χ1) is 8.20. The van der Waals surface area contributed by atoms with Crippen LogP contribution in [0.4, 0.5) is 5.95 Å². The van der Waals surface area contributed by atoms with Gasteiger partial charge in [-0.1, -0.05) is 6.92 Å². The van der Waals surface area contributed by atoms with Gasteiger partial charge in [0.15, 0.2) is 0 Å². The van der Waals surface area contributed by atoms with E-state index in [1.165, 1.54) is 0 Å². The molecule has 0 unspecified atom stereocenters. The van der Waals surface area contributed by atoms with Crippen molar-refractivity contribution >= 4 is 5.95 Å². The van der Waals surface area contributed by atoms with Crippen molar-refractivity contribution in [3.63, 3.8) is 0 Å². The van der Waals surface area contributed by atoms with Crippen LogP contribution >= 0.6 is 0 Å². The van der Waals surface area contributed by atoms with Crippen molar-refractivity contribution in [2.45, 2.75) is 27.2 Å². The molecule has 0 aliphatic heterocycles. The Hall–Kier alpha value is -1.91. The van der Waals surface area contributed by atoms with Gasteiger partial charge in [-0.3, -0.25) is 4.57 Å². The van der Waals surface area contributed by atoms with E-state index in [2.05, 4.69) is 27.2 Å². The number of aromatic nitrogens is 4. The summed E-state index contributed by atoms with van der Waals surface area (Å²) in [5, 5.41) is 3.20. The Bertz CT molecular complexity index is 503. The van der Waals surface area contributed by atoms with E-state index in [0.717, 1.165) is 30.3 Å². The monoisotopic (exact) mass is 231 g/mol. The van der Waals surface area contributed by atoms with Crippen molar-refractivity contribution in [1.82, 2.24) is 19.5 Å². The highest BCUT2D eigenvalue weighted by molar-refractivity contribution is 5.35. The first-order valence-electron chi connectivity index (χ1n) is 5.80. The summed E-state index contributed by atoms with van der Waals surface area (Å²) in [5.41, 5.74) is 0.946. The summed E-state index contributed by atoms with van der Waals surface area (Å²) < 4.78 is 1.95. The number of nitrogens with zero attached hydrogens (tertiary/aromatic N) is 4. The van der Waals surface area contributed by atoms with Gasteiger partial charge in [0.1, 0.15) is 11.6 Å². The van der Waals surface area contributed by atoms with E-state index in [4.69, 9.17) is 0 Å². The average Bonchev–Trinajstić information content (AvgIpc) is 2.72. The zero-order chi connectivity index (χ0) is 12.3. The van der Waals surface area contributed by atoms with E-state index < -0.39 is 0 Å². The highest BCUT2D eigenvalue weighted by Crippen LogP contribution is 2.11. The highest BCUT2D eigenvalue weighted by Gasteiger charge is 2.05. The lowest BCUT2D eigenvalue weighted by Crippen LogP contribution is -2.08. The molecule has 0 aliphatic carbocycles. The Balaban J connectivity index is 2.35. The Morgan fingerprint density at radius 2 is 2.12 bits per heavy atom. The fraction of sp³-hybridized carbons (Fsp3) is 0.417. The molecule has 0 spiro atoms. The molecule has 2 heterocycles. The zero-order valence-corrected chi connectivity index (χ0v) is 10.4. The summed E-state index contributed by atoms with van der Waals surface area (Å²) in [6, 6.07) is 1.95. The van der Waals surface area contributed by atoms with Crippen molar-refractivity contribution in [3.8, 4) is 5.82 Å². The maximum absolute atomic E-state index is 4.48. The molecular formula is C12H17N5. The standard InChI is InChI=1S/C12H17N5/c1-4-5-14-12-15-9(2)8-11(16-12)17-7-6-13-10(17)3/h6-8H,4-5H2,1-3H3,(H,14,15,16). The minimum absolute atomic E-state index is 0.676. The second-order valence-corrected chi connectivity index (χ2v) is 3.96.